The molecular weight excluding hydrogens is 110 g/mol. The Balaban J connectivity index is 2.79. The Morgan fingerprint density at radius 2 is 1.88 bits per heavy atom. The Kier molecular flexibility index (Phi) is 0.768. The van der Waals surface area contributed by atoms with Crippen molar-refractivity contribution in [1.82, 2.24) is 10.6 Å². The second-order valence-corrected chi connectivity index (χ2v) is 1.28. The van der Waals surface area contributed by atoms with E-state index in [1.54, 1.807) is 0 Å². The summed E-state index contributed by atoms with van der Waals surface area (Å²) in [6.07, 6.45) is 0. The Morgan fingerprint density at radius 3 is 2.00 bits per heavy atom. The number of urea groups is 1. The molecule has 1 saturated heterocycles. The van der Waals surface area contributed by atoms with Gasteiger partial charge in [0.2, 0.25) is 0 Å². The minimum absolute atomic E-state index is 0.394. The minimum atomic E-state index is -0.671. The number of hydrogen-bond donors (Lipinski definition) is 3. The van der Waals surface area contributed by atoms with Crippen LogP contribution in [0.3, 0.4) is 0 Å². The van der Waals surface area contributed by atoms with E-state index in [1.807, 2.05) is 10.6 Å². The summed E-state index contributed by atoms with van der Waals surface area (Å²) < 4.78 is 0. The van der Waals surface area contributed by atoms with Crippen molar-refractivity contribution >= 4 is 17.8 Å². The van der Waals surface area contributed by atoms with E-state index in [1.165, 1.54) is 0 Å². The average Bonchev–Trinajstić information content (AvgIpc) is 1.85. The lowest BCUT2D eigenvalue weighted by atomic mass is 10.6. The molecule has 8 heavy (non-hydrogen) atoms. The smallest absolute Gasteiger partial charge is 0.288 e. The molecule has 0 radical (unpaired) electrons. The zero-order valence-electron chi connectivity index (χ0n) is 3.82. The van der Waals surface area contributed by atoms with Crippen LogP contribution in [-0.2, 0) is 4.79 Å². The fourth-order valence-corrected chi connectivity index (χ4v) is 0.367. The number of hydrogen-bond acceptors (Lipinski definition) is 3. The Bertz CT molecular complexity index is 155. The number of amidine groups is 1. The van der Waals surface area contributed by atoms with E-state index < -0.39 is 17.8 Å². The highest BCUT2D eigenvalue weighted by Gasteiger charge is 2.22. The monoisotopic (exact) mass is 113 g/mol. The first-order valence-corrected chi connectivity index (χ1v) is 1.91. The largest absolute Gasteiger partial charge is 0.327 e. The molecular formula is C3H3N3O2. The van der Waals surface area contributed by atoms with Crippen LogP contribution >= 0.6 is 0 Å². The minimum Gasteiger partial charge on any atom is -0.288 e. The van der Waals surface area contributed by atoms with Crippen LogP contribution in [-0.4, -0.2) is 17.8 Å². The molecule has 3 amide bonds. The molecule has 0 aromatic carbocycles. The van der Waals surface area contributed by atoms with Gasteiger partial charge in [0, 0.05) is 0 Å². The van der Waals surface area contributed by atoms with Crippen molar-refractivity contribution in [2.45, 2.75) is 0 Å². The summed E-state index contributed by atoms with van der Waals surface area (Å²) >= 11 is 0. The molecule has 0 spiro atoms. The lowest BCUT2D eigenvalue weighted by Crippen LogP contribution is -2.22. The highest BCUT2D eigenvalue weighted by Crippen LogP contribution is 1.78. The third-order valence-corrected chi connectivity index (χ3v) is 0.693. The van der Waals surface area contributed by atoms with Gasteiger partial charge in [0.25, 0.3) is 5.91 Å². The molecule has 3 N–H and O–H groups in total. The lowest BCUT2D eigenvalue weighted by Gasteiger charge is -1.79. The normalized spacial score (nSPS) is 18.2. The highest BCUT2D eigenvalue weighted by molar-refractivity contribution is 6.46. The summed E-state index contributed by atoms with van der Waals surface area (Å²) in [7, 11) is 0. The van der Waals surface area contributed by atoms with E-state index in [0.29, 0.717) is 0 Å². The van der Waals surface area contributed by atoms with Crippen LogP contribution in [0.5, 0.6) is 0 Å². The van der Waals surface area contributed by atoms with Gasteiger partial charge in [-0.15, -0.1) is 0 Å². The molecule has 0 aliphatic carbocycles. The van der Waals surface area contributed by atoms with Gasteiger partial charge in [-0.05, 0) is 0 Å². The molecule has 1 heterocycles. The Labute approximate surface area is 44.6 Å². The van der Waals surface area contributed by atoms with Gasteiger partial charge in [-0.25, -0.2) is 4.79 Å². The van der Waals surface area contributed by atoms with E-state index in [4.69, 9.17) is 5.41 Å². The number of nitrogens with one attached hydrogen (secondary N) is 3. The van der Waals surface area contributed by atoms with Crippen molar-refractivity contribution in [1.29, 1.82) is 5.41 Å². The number of amides is 3. The van der Waals surface area contributed by atoms with Gasteiger partial charge in [-0.3, -0.25) is 20.8 Å². The first-order valence-electron chi connectivity index (χ1n) is 1.91. The standard InChI is InChI=1S/C3H3N3O2/c4-1-2(7)6-3(8)5-1/h(H3,4,5,6,7,8). The van der Waals surface area contributed by atoms with Crippen molar-refractivity contribution in [3.05, 3.63) is 0 Å². The summed E-state index contributed by atoms with van der Waals surface area (Å²) in [5.41, 5.74) is 0. The van der Waals surface area contributed by atoms with Crippen molar-refractivity contribution in [2.75, 3.05) is 0 Å². The average molecular weight is 113 g/mol. The van der Waals surface area contributed by atoms with Gasteiger partial charge in [-0.2, -0.15) is 0 Å². The zero-order valence-corrected chi connectivity index (χ0v) is 3.82. The fourth-order valence-electron chi connectivity index (χ4n) is 0.367. The van der Waals surface area contributed by atoms with Crippen molar-refractivity contribution in [2.24, 2.45) is 0 Å². The van der Waals surface area contributed by atoms with Gasteiger partial charge < -0.3 is 0 Å². The fraction of sp³-hybridized carbons (Fsp3) is 0. The van der Waals surface area contributed by atoms with Crippen LogP contribution in [0, 0.1) is 5.41 Å². The molecule has 1 aliphatic rings. The number of imide groups is 1. The molecule has 1 fully saturated rings. The van der Waals surface area contributed by atoms with Crippen LogP contribution in [0.1, 0.15) is 0 Å². The van der Waals surface area contributed by atoms with Gasteiger partial charge in [0.05, 0.1) is 0 Å². The maximum atomic E-state index is 10.2. The molecule has 42 valence electrons. The third-order valence-electron chi connectivity index (χ3n) is 0.693. The van der Waals surface area contributed by atoms with Crippen molar-refractivity contribution < 1.29 is 9.59 Å². The molecule has 0 aromatic rings. The van der Waals surface area contributed by atoms with Crippen LogP contribution < -0.4 is 10.6 Å². The summed E-state index contributed by atoms with van der Waals surface area (Å²) in [4.78, 5) is 20.2. The molecule has 1 aliphatic heterocycles. The zero-order chi connectivity index (χ0) is 6.15. The topological polar surface area (TPSA) is 82.1 Å². The summed E-state index contributed by atoms with van der Waals surface area (Å²) in [5, 5.41) is 10.4. The van der Waals surface area contributed by atoms with Gasteiger partial charge in [-0.1, -0.05) is 0 Å². The molecule has 0 bridgehead atoms. The van der Waals surface area contributed by atoms with E-state index in [2.05, 4.69) is 0 Å². The van der Waals surface area contributed by atoms with E-state index in [9.17, 15) is 9.59 Å². The Hall–Kier alpha value is -1.39. The van der Waals surface area contributed by atoms with Crippen LogP contribution in [0.4, 0.5) is 4.79 Å². The Morgan fingerprint density at radius 1 is 1.25 bits per heavy atom. The third kappa shape index (κ3) is 0.534. The number of carbonyl (C=O) groups excluding carboxylic acids is 2. The van der Waals surface area contributed by atoms with Gasteiger partial charge >= 0.3 is 6.03 Å². The number of rotatable bonds is 0. The SMILES string of the molecule is N=C1NC(=O)NC1=O. The molecule has 0 aromatic heterocycles. The summed E-state index contributed by atoms with van der Waals surface area (Å²) in [6.45, 7) is 0. The van der Waals surface area contributed by atoms with E-state index in [0.717, 1.165) is 0 Å². The lowest BCUT2D eigenvalue weighted by molar-refractivity contribution is -0.113. The first-order chi connectivity index (χ1) is 3.70. The predicted molar refractivity (Wildman–Crippen MR) is 24.4 cm³/mol. The maximum Gasteiger partial charge on any atom is 0.327 e. The van der Waals surface area contributed by atoms with E-state index >= 15 is 0 Å². The highest BCUT2D eigenvalue weighted by atomic mass is 16.2. The quantitative estimate of drug-likeness (QED) is 0.345. The maximum absolute atomic E-state index is 10.2. The predicted octanol–water partition coefficient (Wildman–Crippen LogP) is -1.20. The molecule has 1 rings (SSSR count). The number of carbonyl (C=O) groups is 2. The van der Waals surface area contributed by atoms with Crippen LogP contribution in [0.15, 0.2) is 0 Å². The van der Waals surface area contributed by atoms with Crippen molar-refractivity contribution in [3.63, 3.8) is 0 Å². The second-order valence-electron chi connectivity index (χ2n) is 1.28. The summed E-state index contributed by atoms with van der Waals surface area (Å²) in [6, 6.07) is -0.625. The second kappa shape index (κ2) is 1.29. The molecule has 0 unspecified atom stereocenters. The van der Waals surface area contributed by atoms with Gasteiger partial charge in [0.1, 0.15) is 0 Å². The summed E-state index contributed by atoms with van der Waals surface area (Å²) in [5.74, 6) is -1.06. The first kappa shape index (κ1) is 4.76. The van der Waals surface area contributed by atoms with E-state index in [-0.39, 0.29) is 0 Å². The molecule has 0 atom stereocenters. The van der Waals surface area contributed by atoms with Crippen LogP contribution in [0.2, 0.25) is 0 Å². The van der Waals surface area contributed by atoms with Crippen LogP contribution in [0.25, 0.3) is 0 Å². The van der Waals surface area contributed by atoms with Gasteiger partial charge in [0.15, 0.2) is 5.84 Å². The molecule has 0 saturated carbocycles. The molecule has 5 heteroatoms. The van der Waals surface area contributed by atoms with Crippen molar-refractivity contribution in [3.8, 4) is 0 Å². The molecule has 5 nitrogen and oxygen atoms in total.